The molecule has 0 spiro atoms. The second-order valence-corrected chi connectivity index (χ2v) is 4.34. The summed E-state index contributed by atoms with van der Waals surface area (Å²) in [5.74, 6) is -0.308. The van der Waals surface area contributed by atoms with Crippen LogP contribution in [0.1, 0.15) is 48.0 Å². The maximum absolute atomic E-state index is 13.0. The van der Waals surface area contributed by atoms with Crippen molar-refractivity contribution in [3.63, 3.8) is 0 Å². The van der Waals surface area contributed by atoms with E-state index >= 15 is 0 Å². The fourth-order valence-electron chi connectivity index (χ4n) is 1.81. The van der Waals surface area contributed by atoms with Crippen LogP contribution in [0, 0.1) is 12.7 Å². The number of rotatable bonds is 7. The topological polar surface area (TPSA) is 43.1 Å². The summed E-state index contributed by atoms with van der Waals surface area (Å²) in [6.07, 6.45) is 4.43. The minimum atomic E-state index is -0.345. The minimum Gasteiger partial charge on any atom is -0.330 e. The fourth-order valence-corrected chi connectivity index (χ4v) is 1.81. The Morgan fingerprint density at radius 1 is 1.24 bits per heavy atom. The standard InChI is InChI=1S/C14H20FNO/c1-11-7-8-12(15)10-13(11)14(17)6-4-2-3-5-9-16/h7-8,10H,2-6,9,16H2,1H3. The number of halogens is 1. The first-order valence-electron chi connectivity index (χ1n) is 6.14. The molecule has 0 saturated heterocycles. The third-order valence-corrected chi connectivity index (χ3v) is 2.86. The van der Waals surface area contributed by atoms with Crippen LogP contribution in [0.2, 0.25) is 0 Å². The molecule has 0 atom stereocenters. The first-order chi connectivity index (χ1) is 8.15. The van der Waals surface area contributed by atoms with Gasteiger partial charge in [0, 0.05) is 12.0 Å². The first kappa shape index (κ1) is 13.8. The molecule has 2 N–H and O–H groups in total. The van der Waals surface area contributed by atoms with Crippen molar-refractivity contribution in [1.82, 2.24) is 0 Å². The molecule has 0 bridgehead atoms. The lowest BCUT2D eigenvalue weighted by molar-refractivity contribution is 0.0978. The van der Waals surface area contributed by atoms with Gasteiger partial charge in [-0.25, -0.2) is 4.39 Å². The molecule has 2 nitrogen and oxygen atoms in total. The molecule has 0 heterocycles. The number of aryl methyl sites for hydroxylation is 1. The Morgan fingerprint density at radius 2 is 1.94 bits per heavy atom. The molecule has 0 aromatic heterocycles. The highest BCUT2D eigenvalue weighted by molar-refractivity contribution is 5.97. The normalized spacial score (nSPS) is 10.5. The minimum absolute atomic E-state index is 0.0368. The highest BCUT2D eigenvalue weighted by Crippen LogP contribution is 2.14. The zero-order valence-electron chi connectivity index (χ0n) is 10.3. The molecule has 0 aliphatic carbocycles. The predicted molar refractivity (Wildman–Crippen MR) is 67.6 cm³/mol. The monoisotopic (exact) mass is 237 g/mol. The Hall–Kier alpha value is -1.22. The van der Waals surface area contributed by atoms with E-state index in [9.17, 15) is 9.18 Å². The van der Waals surface area contributed by atoms with Gasteiger partial charge >= 0.3 is 0 Å². The van der Waals surface area contributed by atoms with Crippen molar-refractivity contribution in [2.75, 3.05) is 6.54 Å². The number of hydrogen-bond acceptors (Lipinski definition) is 2. The van der Waals surface area contributed by atoms with E-state index in [-0.39, 0.29) is 11.6 Å². The summed E-state index contributed by atoms with van der Waals surface area (Å²) < 4.78 is 13.0. The smallest absolute Gasteiger partial charge is 0.163 e. The van der Waals surface area contributed by atoms with Gasteiger partial charge in [0.1, 0.15) is 5.82 Å². The highest BCUT2D eigenvalue weighted by Gasteiger charge is 2.09. The SMILES string of the molecule is Cc1ccc(F)cc1C(=O)CCCCCCN. The van der Waals surface area contributed by atoms with Crippen molar-refractivity contribution in [2.24, 2.45) is 5.73 Å². The van der Waals surface area contributed by atoms with Gasteiger partial charge in [0.25, 0.3) is 0 Å². The van der Waals surface area contributed by atoms with Crippen molar-refractivity contribution in [2.45, 2.75) is 39.0 Å². The fraction of sp³-hybridized carbons (Fsp3) is 0.500. The average molecular weight is 237 g/mol. The number of carbonyl (C=O) groups excluding carboxylic acids is 1. The third kappa shape index (κ3) is 4.65. The first-order valence-corrected chi connectivity index (χ1v) is 6.14. The van der Waals surface area contributed by atoms with Gasteiger partial charge in [0.05, 0.1) is 0 Å². The van der Waals surface area contributed by atoms with Crippen molar-refractivity contribution < 1.29 is 9.18 Å². The molecule has 1 rings (SSSR count). The van der Waals surface area contributed by atoms with Gasteiger partial charge in [-0.05, 0) is 44.0 Å². The van der Waals surface area contributed by atoms with Crippen LogP contribution < -0.4 is 5.73 Å². The summed E-state index contributed by atoms with van der Waals surface area (Å²) in [6, 6.07) is 4.36. The lowest BCUT2D eigenvalue weighted by Gasteiger charge is -2.05. The molecule has 1 aromatic rings. The Bertz CT molecular complexity index is 376. The summed E-state index contributed by atoms with van der Waals surface area (Å²) in [5, 5.41) is 0. The number of Topliss-reactive ketones (excluding diaryl/α,β-unsaturated/α-hetero) is 1. The van der Waals surface area contributed by atoms with E-state index in [2.05, 4.69) is 0 Å². The van der Waals surface area contributed by atoms with E-state index < -0.39 is 0 Å². The summed E-state index contributed by atoms with van der Waals surface area (Å²) in [6.45, 7) is 2.54. The van der Waals surface area contributed by atoms with Gasteiger partial charge in [-0.2, -0.15) is 0 Å². The molecule has 94 valence electrons. The maximum Gasteiger partial charge on any atom is 0.163 e. The van der Waals surface area contributed by atoms with Crippen LogP contribution in [0.3, 0.4) is 0 Å². The third-order valence-electron chi connectivity index (χ3n) is 2.86. The van der Waals surface area contributed by atoms with Gasteiger partial charge in [-0.15, -0.1) is 0 Å². The Balaban J connectivity index is 2.44. The molecule has 0 saturated carbocycles. The van der Waals surface area contributed by atoms with Gasteiger partial charge in [-0.3, -0.25) is 4.79 Å². The van der Waals surface area contributed by atoms with Crippen molar-refractivity contribution in [3.8, 4) is 0 Å². The molecule has 0 aliphatic heterocycles. The molecule has 0 unspecified atom stereocenters. The molecular formula is C14H20FNO. The number of carbonyl (C=O) groups is 1. The van der Waals surface area contributed by atoms with Gasteiger partial charge in [0.15, 0.2) is 5.78 Å². The molecule has 0 radical (unpaired) electrons. The van der Waals surface area contributed by atoms with Crippen LogP contribution in [-0.2, 0) is 0 Å². The maximum atomic E-state index is 13.0. The van der Waals surface area contributed by atoms with E-state index in [1.165, 1.54) is 12.1 Å². The van der Waals surface area contributed by atoms with Crippen molar-refractivity contribution in [1.29, 1.82) is 0 Å². The Morgan fingerprint density at radius 3 is 2.65 bits per heavy atom. The predicted octanol–water partition coefficient (Wildman–Crippen LogP) is 3.23. The number of unbranched alkanes of at least 4 members (excludes halogenated alkanes) is 3. The molecule has 0 aliphatic rings. The highest BCUT2D eigenvalue weighted by atomic mass is 19.1. The lowest BCUT2D eigenvalue weighted by Crippen LogP contribution is -2.03. The summed E-state index contributed by atoms with van der Waals surface area (Å²) in [7, 11) is 0. The van der Waals surface area contributed by atoms with Gasteiger partial charge in [-0.1, -0.05) is 18.9 Å². The zero-order chi connectivity index (χ0) is 12.7. The molecule has 17 heavy (non-hydrogen) atoms. The van der Waals surface area contributed by atoms with E-state index in [4.69, 9.17) is 5.73 Å². The van der Waals surface area contributed by atoms with Crippen LogP contribution in [-0.4, -0.2) is 12.3 Å². The van der Waals surface area contributed by atoms with E-state index in [0.717, 1.165) is 31.2 Å². The van der Waals surface area contributed by atoms with Crippen LogP contribution >= 0.6 is 0 Å². The zero-order valence-corrected chi connectivity index (χ0v) is 10.3. The Kier molecular flexibility index (Phi) is 5.84. The number of benzene rings is 1. The number of nitrogens with two attached hydrogens (primary N) is 1. The van der Waals surface area contributed by atoms with Crippen LogP contribution in [0.5, 0.6) is 0 Å². The van der Waals surface area contributed by atoms with Crippen LogP contribution in [0.25, 0.3) is 0 Å². The number of ketones is 1. The summed E-state index contributed by atoms with van der Waals surface area (Å²) in [5.41, 5.74) is 6.75. The van der Waals surface area contributed by atoms with E-state index in [0.29, 0.717) is 18.5 Å². The summed E-state index contributed by atoms with van der Waals surface area (Å²) in [4.78, 5) is 11.9. The van der Waals surface area contributed by atoms with Crippen LogP contribution in [0.4, 0.5) is 4.39 Å². The van der Waals surface area contributed by atoms with Gasteiger partial charge in [0.2, 0.25) is 0 Å². The van der Waals surface area contributed by atoms with Crippen molar-refractivity contribution >= 4 is 5.78 Å². The van der Waals surface area contributed by atoms with Crippen LogP contribution in [0.15, 0.2) is 18.2 Å². The second-order valence-electron chi connectivity index (χ2n) is 4.34. The average Bonchev–Trinajstić information content (AvgIpc) is 2.32. The quantitative estimate of drug-likeness (QED) is 0.584. The van der Waals surface area contributed by atoms with E-state index in [1.54, 1.807) is 6.07 Å². The molecule has 0 fully saturated rings. The van der Waals surface area contributed by atoms with E-state index in [1.807, 2.05) is 6.92 Å². The molecule has 1 aromatic carbocycles. The molecule has 3 heteroatoms. The van der Waals surface area contributed by atoms with Gasteiger partial charge < -0.3 is 5.73 Å². The van der Waals surface area contributed by atoms with Crippen molar-refractivity contribution in [3.05, 3.63) is 35.1 Å². The summed E-state index contributed by atoms with van der Waals surface area (Å²) >= 11 is 0. The lowest BCUT2D eigenvalue weighted by atomic mass is 10.00. The Labute approximate surface area is 102 Å². The molecule has 0 amide bonds. The second kappa shape index (κ2) is 7.17. The largest absolute Gasteiger partial charge is 0.330 e. The molecular weight excluding hydrogens is 217 g/mol. The number of hydrogen-bond donors (Lipinski definition) is 1.